The molecule has 2 N–H and O–H groups in total. The average molecular weight is 347 g/mol. The van der Waals surface area contributed by atoms with Crippen molar-refractivity contribution in [3.05, 3.63) is 76.5 Å². The number of carbonyl (C=O) groups is 1. The fourth-order valence-electron chi connectivity index (χ4n) is 2.94. The standard InChI is InChI=1S/C19H17N5O2/c25-18-13-6-1-2-7-15(13)21-12-14(18)19(26)20-10-5-9-17-23-22-16-8-3-4-11-24(16)17/h1-4,6-8,11-12H,5,9-10H2,(H,20,26)(H,21,25). The summed E-state index contributed by atoms with van der Waals surface area (Å²) in [7, 11) is 0. The Labute approximate surface area is 148 Å². The molecular weight excluding hydrogens is 330 g/mol. The van der Waals surface area contributed by atoms with Crippen LogP contribution in [0.1, 0.15) is 22.6 Å². The van der Waals surface area contributed by atoms with Gasteiger partial charge in [-0.25, -0.2) is 0 Å². The minimum Gasteiger partial charge on any atom is -0.360 e. The Balaban J connectivity index is 1.40. The van der Waals surface area contributed by atoms with Crippen molar-refractivity contribution in [2.45, 2.75) is 12.8 Å². The summed E-state index contributed by atoms with van der Waals surface area (Å²) in [6.45, 7) is 0.451. The average Bonchev–Trinajstić information content (AvgIpc) is 3.09. The molecule has 0 saturated heterocycles. The normalized spacial score (nSPS) is 11.1. The zero-order valence-electron chi connectivity index (χ0n) is 14.0. The highest BCUT2D eigenvalue weighted by Gasteiger charge is 2.12. The number of nitrogens with zero attached hydrogens (tertiary/aromatic N) is 3. The van der Waals surface area contributed by atoms with Crippen LogP contribution in [-0.4, -0.2) is 32.0 Å². The first-order valence-electron chi connectivity index (χ1n) is 8.41. The van der Waals surface area contributed by atoms with Gasteiger partial charge in [-0.2, -0.15) is 0 Å². The maximum Gasteiger partial charge on any atom is 0.256 e. The molecule has 0 bridgehead atoms. The van der Waals surface area contributed by atoms with Gasteiger partial charge in [0.15, 0.2) is 5.65 Å². The topological polar surface area (TPSA) is 92.2 Å². The summed E-state index contributed by atoms with van der Waals surface area (Å²) >= 11 is 0. The predicted octanol–water partition coefficient (Wildman–Crippen LogP) is 1.93. The number of aromatic nitrogens is 4. The molecule has 0 radical (unpaired) electrons. The number of H-pyrrole nitrogens is 1. The second kappa shape index (κ2) is 6.79. The minimum atomic E-state index is -0.372. The first-order chi connectivity index (χ1) is 12.7. The van der Waals surface area contributed by atoms with Crippen molar-refractivity contribution in [1.29, 1.82) is 0 Å². The summed E-state index contributed by atoms with van der Waals surface area (Å²) in [6.07, 6.45) is 4.76. The summed E-state index contributed by atoms with van der Waals surface area (Å²) in [6, 6.07) is 12.9. The number of rotatable bonds is 5. The van der Waals surface area contributed by atoms with Gasteiger partial charge in [0.1, 0.15) is 11.4 Å². The van der Waals surface area contributed by atoms with E-state index >= 15 is 0 Å². The van der Waals surface area contributed by atoms with E-state index in [9.17, 15) is 9.59 Å². The highest BCUT2D eigenvalue weighted by Crippen LogP contribution is 2.07. The maximum atomic E-state index is 12.4. The number of para-hydroxylation sites is 1. The molecule has 0 aliphatic carbocycles. The highest BCUT2D eigenvalue weighted by molar-refractivity contribution is 5.97. The number of hydrogen-bond donors (Lipinski definition) is 2. The van der Waals surface area contributed by atoms with Gasteiger partial charge in [-0.3, -0.25) is 14.0 Å². The Kier molecular flexibility index (Phi) is 4.18. The van der Waals surface area contributed by atoms with Crippen molar-refractivity contribution in [1.82, 2.24) is 24.9 Å². The van der Waals surface area contributed by atoms with Crippen LogP contribution in [0.15, 0.2) is 59.7 Å². The molecule has 0 aliphatic rings. The molecular formula is C19H17N5O2. The number of benzene rings is 1. The third kappa shape index (κ3) is 2.95. The Hall–Kier alpha value is -3.48. The zero-order chi connectivity index (χ0) is 17.9. The van der Waals surface area contributed by atoms with Gasteiger partial charge in [0.25, 0.3) is 5.91 Å². The van der Waals surface area contributed by atoms with Crippen LogP contribution in [0.3, 0.4) is 0 Å². The van der Waals surface area contributed by atoms with Gasteiger partial charge in [-0.1, -0.05) is 18.2 Å². The molecule has 1 aromatic carbocycles. The first kappa shape index (κ1) is 16.0. The summed E-state index contributed by atoms with van der Waals surface area (Å²) in [5.41, 5.74) is 1.37. The van der Waals surface area contributed by atoms with Crippen molar-refractivity contribution < 1.29 is 4.79 Å². The summed E-state index contributed by atoms with van der Waals surface area (Å²) < 4.78 is 1.93. The molecule has 7 heteroatoms. The van der Waals surface area contributed by atoms with E-state index in [2.05, 4.69) is 20.5 Å². The molecule has 1 amide bonds. The van der Waals surface area contributed by atoms with E-state index in [0.717, 1.165) is 11.5 Å². The van der Waals surface area contributed by atoms with Gasteiger partial charge < -0.3 is 10.3 Å². The zero-order valence-corrected chi connectivity index (χ0v) is 14.0. The van der Waals surface area contributed by atoms with Gasteiger partial charge in [0.05, 0.1) is 0 Å². The van der Waals surface area contributed by atoms with Crippen molar-refractivity contribution in [2.24, 2.45) is 0 Å². The predicted molar refractivity (Wildman–Crippen MR) is 98.2 cm³/mol. The van der Waals surface area contributed by atoms with Crippen LogP contribution in [0, 0.1) is 0 Å². The third-order valence-electron chi connectivity index (χ3n) is 4.28. The lowest BCUT2D eigenvalue weighted by atomic mass is 10.1. The second-order valence-corrected chi connectivity index (χ2v) is 5.98. The largest absolute Gasteiger partial charge is 0.360 e. The van der Waals surface area contributed by atoms with Gasteiger partial charge >= 0.3 is 0 Å². The number of fused-ring (bicyclic) bond motifs is 2. The minimum absolute atomic E-state index is 0.122. The lowest BCUT2D eigenvalue weighted by molar-refractivity contribution is 0.0952. The summed E-state index contributed by atoms with van der Waals surface area (Å²) in [5, 5.41) is 11.6. The molecule has 4 aromatic rings. The van der Waals surface area contributed by atoms with Gasteiger partial charge in [-0.15, -0.1) is 10.2 Å². The molecule has 3 heterocycles. The van der Waals surface area contributed by atoms with E-state index in [1.807, 2.05) is 34.9 Å². The van der Waals surface area contributed by atoms with Crippen LogP contribution in [0.25, 0.3) is 16.6 Å². The first-order valence-corrected chi connectivity index (χ1v) is 8.41. The van der Waals surface area contributed by atoms with E-state index in [0.29, 0.717) is 30.3 Å². The number of nitrogens with one attached hydrogen (secondary N) is 2. The molecule has 0 fully saturated rings. The molecule has 0 spiro atoms. The Morgan fingerprint density at radius 1 is 1.12 bits per heavy atom. The number of carbonyl (C=O) groups excluding carboxylic acids is 1. The van der Waals surface area contributed by atoms with Crippen LogP contribution in [0.2, 0.25) is 0 Å². The molecule has 0 atom stereocenters. The third-order valence-corrected chi connectivity index (χ3v) is 4.28. The fourth-order valence-corrected chi connectivity index (χ4v) is 2.94. The van der Waals surface area contributed by atoms with Crippen molar-refractivity contribution >= 4 is 22.5 Å². The van der Waals surface area contributed by atoms with Crippen LogP contribution in [0.4, 0.5) is 0 Å². The molecule has 3 aromatic heterocycles. The van der Waals surface area contributed by atoms with Crippen molar-refractivity contribution in [2.75, 3.05) is 6.54 Å². The van der Waals surface area contributed by atoms with Gasteiger partial charge in [0, 0.05) is 36.3 Å². The SMILES string of the molecule is O=C(NCCCc1nnc2ccccn12)c1c[nH]c2ccccc2c1=O. The van der Waals surface area contributed by atoms with E-state index in [1.54, 1.807) is 18.2 Å². The van der Waals surface area contributed by atoms with E-state index < -0.39 is 0 Å². The Bertz CT molecular complexity index is 1150. The smallest absolute Gasteiger partial charge is 0.256 e. The van der Waals surface area contributed by atoms with Crippen molar-refractivity contribution in [3.63, 3.8) is 0 Å². The van der Waals surface area contributed by atoms with E-state index in [-0.39, 0.29) is 16.9 Å². The van der Waals surface area contributed by atoms with Crippen LogP contribution in [0.5, 0.6) is 0 Å². The number of hydrogen-bond acceptors (Lipinski definition) is 4. The lowest BCUT2D eigenvalue weighted by Crippen LogP contribution is -2.29. The highest BCUT2D eigenvalue weighted by atomic mass is 16.2. The lowest BCUT2D eigenvalue weighted by Gasteiger charge is -2.06. The fraction of sp³-hybridized carbons (Fsp3) is 0.158. The maximum absolute atomic E-state index is 12.4. The monoisotopic (exact) mass is 347 g/mol. The second-order valence-electron chi connectivity index (χ2n) is 5.98. The van der Waals surface area contributed by atoms with Crippen LogP contribution in [-0.2, 0) is 6.42 Å². The molecule has 0 aliphatic heterocycles. The van der Waals surface area contributed by atoms with Crippen LogP contribution < -0.4 is 10.7 Å². The molecule has 0 saturated carbocycles. The molecule has 4 rings (SSSR count). The number of aromatic amines is 1. The van der Waals surface area contributed by atoms with Gasteiger partial charge in [-0.05, 0) is 30.7 Å². The molecule has 26 heavy (non-hydrogen) atoms. The number of pyridine rings is 2. The number of aryl methyl sites for hydroxylation is 1. The van der Waals surface area contributed by atoms with E-state index in [4.69, 9.17) is 0 Å². The summed E-state index contributed by atoms with van der Waals surface area (Å²) in [4.78, 5) is 27.7. The quantitative estimate of drug-likeness (QED) is 0.540. The molecule has 0 unspecified atom stereocenters. The van der Waals surface area contributed by atoms with Crippen molar-refractivity contribution in [3.8, 4) is 0 Å². The van der Waals surface area contributed by atoms with E-state index in [1.165, 1.54) is 6.20 Å². The van der Waals surface area contributed by atoms with Gasteiger partial charge in [0.2, 0.25) is 5.43 Å². The molecule has 130 valence electrons. The number of amides is 1. The van der Waals surface area contributed by atoms with Crippen LogP contribution >= 0.6 is 0 Å². The Morgan fingerprint density at radius 2 is 1.96 bits per heavy atom. The molecule has 7 nitrogen and oxygen atoms in total. The Morgan fingerprint density at radius 3 is 2.88 bits per heavy atom. The summed E-state index contributed by atoms with van der Waals surface area (Å²) in [5.74, 6) is 0.474.